The number of benzene rings is 1. The molecule has 1 aromatic carbocycles. The summed E-state index contributed by atoms with van der Waals surface area (Å²) in [5.74, 6) is 2.00. The van der Waals surface area contributed by atoms with Crippen molar-refractivity contribution < 1.29 is 4.79 Å². The number of aromatic nitrogens is 2. The fraction of sp³-hybridized carbons (Fsp3) is 0.560. The van der Waals surface area contributed by atoms with Gasteiger partial charge in [-0.15, -0.1) is 10.2 Å². The number of piperazine rings is 1. The number of anilines is 1. The predicted octanol–water partition coefficient (Wildman–Crippen LogP) is 4.77. The van der Waals surface area contributed by atoms with Gasteiger partial charge in [-0.3, -0.25) is 4.79 Å². The van der Waals surface area contributed by atoms with Crippen LogP contribution in [0, 0.1) is 19.8 Å². The van der Waals surface area contributed by atoms with Crippen LogP contribution in [-0.2, 0) is 4.79 Å². The Kier molecular flexibility index (Phi) is 6.66. The molecule has 0 radical (unpaired) electrons. The summed E-state index contributed by atoms with van der Waals surface area (Å²) in [7, 11) is 0. The van der Waals surface area contributed by atoms with Crippen LogP contribution in [0.15, 0.2) is 30.3 Å². The molecule has 2 aromatic rings. The number of carbonyl (C=O) groups excluding carboxylic acids is 1. The zero-order valence-corrected chi connectivity index (χ0v) is 18.4. The van der Waals surface area contributed by atoms with Gasteiger partial charge in [0.25, 0.3) is 0 Å². The van der Waals surface area contributed by atoms with E-state index in [1.54, 1.807) is 0 Å². The van der Waals surface area contributed by atoms with E-state index in [2.05, 4.69) is 53.2 Å². The molecule has 160 valence electrons. The average Bonchev–Trinajstić information content (AvgIpc) is 2.80. The largest absolute Gasteiger partial charge is 0.352 e. The molecule has 2 heterocycles. The fourth-order valence-corrected chi connectivity index (χ4v) is 4.70. The molecule has 2 aliphatic rings. The lowest BCUT2D eigenvalue weighted by Crippen LogP contribution is -2.49. The first-order valence-electron chi connectivity index (χ1n) is 11.5. The second-order valence-electron chi connectivity index (χ2n) is 8.99. The number of amides is 1. The topological polar surface area (TPSA) is 49.3 Å². The number of rotatable bonds is 5. The highest BCUT2D eigenvalue weighted by atomic mass is 16.2. The van der Waals surface area contributed by atoms with Crippen LogP contribution in [0.1, 0.15) is 56.1 Å². The van der Waals surface area contributed by atoms with Gasteiger partial charge in [0.2, 0.25) is 5.91 Å². The van der Waals surface area contributed by atoms with Crippen LogP contribution in [0.3, 0.4) is 0 Å². The van der Waals surface area contributed by atoms with E-state index in [0.717, 1.165) is 62.0 Å². The summed E-state index contributed by atoms with van der Waals surface area (Å²) in [5, 5.41) is 8.93. The third-order valence-electron chi connectivity index (χ3n) is 6.90. The maximum absolute atomic E-state index is 12.6. The van der Waals surface area contributed by atoms with E-state index < -0.39 is 0 Å². The number of hydrogen-bond donors (Lipinski definition) is 0. The molecule has 0 N–H and O–H groups in total. The van der Waals surface area contributed by atoms with Crippen LogP contribution < -0.4 is 4.90 Å². The predicted molar refractivity (Wildman–Crippen MR) is 122 cm³/mol. The second-order valence-corrected chi connectivity index (χ2v) is 8.99. The number of hydrogen-bond acceptors (Lipinski definition) is 4. The Hall–Kier alpha value is -2.43. The van der Waals surface area contributed by atoms with E-state index in [1.807, 2.05) is 11.0 Å². The first kappa shape index (κ1) is 20.8. The molecular formula is C25H34N4O. The lowest BCUT2D eigenvalue weighted by atomic mass is 9.86. The van der Waals surface area contributed by atoms with Gasteiger partial charge in [0.15, 0.2) is 5.82 Å². The monoisotopic (exact) mass is 406 g/mol. The summed E-state index contributed by atoms with van der Waals surface area (Å²) in [6.07, 6.45) is 8.50. The molecule has 30 heavy (non-hydrogen) atoms. The van der Waals surface area contributed by atoms with Crippen molar-refractivity contribution in [2.75, 3.05) is 31.1 Å². The number of aryl methyl sites for hydroxylation is 2. The lowest BCUT2D eigenvalue weighted by molar-refractivity contribution is -0.131. The number of nitrogens with zero attached hydrogens (tertiary/aromatic N) is 4. The van der Waals surface area contributed by atoms with Crippen molar-refractivity contribution in [3.05, 3.63) is 41.5 Å². The van der Waals surface area contributed by atoms with Crippen LogP contribution in [0.25, 0.3) is 11.3 Å². The molecule has 1 aliphatic heterocycles. The van der Waals surface area contributed by atoms with Crippen molar-refractivity contribution in [2.24, 2.45) is 5.92 Å². The van der Waals surface area contributed by atoms with Crippen LogP contribution in [-0.4, -0.2) is 47.2 Å². The van der Waals surface area contributed by atoms with E-state index in [9.17, 15) is 4.79 Å². The van der Waals surface area contributed by atoms with Crippen LogP contribution in [0.4, 0.5) is 5.82 Å². The van der Waals surface area contributed by atoms with Crippen molar-refractivity contribution in [3.8, 4) is 11.3 Å². The van der Waals surface area contributed by atoms with Gasteiger partial charge in [-0.25, -0.2) is 0 Å². The average molecular weight is 407 g/mol. The smallest absolute Gasteiger partial charge is 0.222 e. The lowest BCUT2D eigenvalue weighted by Gasteiger charge is -2.35. The van der Waals surface area contributed by atoms with E-state index in [1.165, 1.54) is 43.2 Å². The van der Waals surface area contributed by atoms with Gasteiger partial charge >= 0.3 is 0 Å². The molecule has 5 heteroatoms. The third-order valence-corrected chi connectivity index (χ3v) is 6.90. The van der Waals surface area contributed by atoms with Gasteiger partial charge < -0.3 is 9.80 Å². The molecular weight excluding hydrogens is 372 g/mol. The second kappa shape index (κ2) is 9.59. The maximum atomic E-state index is 12.6. The maximum Gasteiger partial charge on any atom is 0.222 e. The minimum atomic E-state index is 0.330. The summed E-state index contributed by atoms with van der Waals surface area (Å²) < 4.78 is 0. The Balaban J connectivity index is 1.28. The molecule has 1 aromatic heterocycles. The molecule has 5 nitrogen and oxygen atoms in total. The molecule has 0 bridgehead atoms. The van der Waals surface area contributed by atoms with Crippen molar-refractivity contribution in [1.82, 2.24) is 15.1 Å². The van der Waals surface area contributed by atoms with E-state index in [-0.39, 0.29) is 0 Å². The van der Waals surface area contributed by atoms with Crippen LogP contribution in [0.5, 0.6) is 0 Å². The summed E-state index contributed by atoms with van der Waals surface area (Å²) in [6, 6.07) is 10.5. The fourth-order valence-electron chi connectivity index (χ4n) is 4.70. The molecule has 1 saturated heterocycles. The third kappa shape index (κ3) is 5.00. The summed E-state index contributed by atoms with van der Waals surface area (Å²) in [6.45, 7) is 7.46. The SMILES string of the molecule is Cc1ccc(-c2ccc(N3CCN(C(=O)CCC4CCCCC4)CC3)nn2)cc1C. The molecule has 4 rings (SSSR count). The highest BCUT2D eigenvalue weighted by Gasteiger charge is 2.23. The number of carbonyl (C=O) groups is 1. The van der Waals surface area contributed by atoms with Gasteiger partial charge in [-0.2, -0.15) is 0 Å². The summed E-state index contributed by atoms with van der Waals surface area (Å²) in [4.78, 5) is 16.9. The normalized spacial score (nSPS) is 17.9. The van der Waals surface area contributed by atoms with E-state index in [0.29, 0.717) is 5.91 Å². The highest BCUT2D eigenvalue weighted by Crippen LogP contribution is 2.28. The van der Waals surface area contributed by atoms with Crippen molar-refractivity contribution in [3.63, 3.8) is 0 Å². The van der Waals surface area contributed by atoms with Crippen molar-refractivity contribution in [2.45, 2.75) is 58.8 Å². The first-order chi connectivity index (χ1) is 14.6. The van der Waals surface area contributed by atoms with Crippen LogP contribution in [0.2, 0.25) is 0 Å². The van der Waals surface area contributed by atoms with E-state index in [4.69, 9.17) is 0 Å². The zero-order chi connectivity index (χ0) is 20.9. The first-order valence-corrected chi connectivity index (χ1v) is 11.5. The quantitative estimate of drug-likeness (QED) is 0.718. The van der Waals surface area contributed by atoms with Gasteiger partial charge in [0.05, 0.1) is 5.69 Å². The Morgan fingerprint density at radius 1 is 0.933 bits per heavy atom. The van der Waals surface area contributed by atoms with Gasteiger partial charge in [0.1, 0.15) is 0 Å². The summed E-state index contributed by atoms with van der Waals surface area (Å²) >= 11 is 0. The summed E-state index contributed by atoms with van der Waals surface area (Å²) in [5.41, 5.74) is 4.56. The van der Waals surface area contributed by atoms with Crippen molar-refractivity contribution in [1.29, 1.82) is 0 Å². The van der Waals surface area contributed by atoms with Gasteiger partial charge in [0, 0.05) is 38.2 Å². The van der Waals surface area contributed by atoms with Crippen LogP contribution >= 0.6 is 0 Å². The standard InChI is InChI=1S/C25H34N4O/c1-19-8-10-22(18-20(19)2)23-11-12-24(27-26-23)28-14-16-29(17-15-28)25(30)13-9-21-6-4-3-5-7-21/h8,10-12,18,21H,3-7,9,13-17H2,1-2H3. The minimum absolute atomic E-state index is 0.330. The molecule has 2 fully saturated rings. The van der Waals surface area contributed by atoms with Crippen molar-refractivity contribution >= 4 is 11.7 Å². The minimum Gasteiger partial charge on any atom is -0.352 e. The molecule has 0 unspecified atom stereocenters. The molecule has 0 atom stereocenters. The molecule has 1 aliphatic carbocycles. The Bertz CT molecular complexity index is 850. The Morgan fingerprint density at radius 2 is 1.70 bits per heavy atom. The highest BCUT2D eigenvalue weighted by molar-refractivity contribution is 5.76. The Labute approximate surface area is 180 Å². The van der Waals surface area contributed by atoms with Gasteiger partial charge in [-0.05, 0) is 55.5 Å². The van der Waals surface area contributed by atoms with Gasteiger partial charge in [-0.1, -0.05) is 44.2 Å². The van der Waals surface area contributed by atoms with E-state index >= 15 is 0 Å². The zero-order valence-electron chi connectivity index (χ0n) is 18.4. The Morgan fingerprint density at radius 3 is 2.37 bits per heavy atom. The molecule has 1 amide bonds. The molecule has 0 spiro atoms. The molecule has 1 saturated carbocycles.